The number of ether oxygens (including phenoxy) is 1. The van der Waals surface area contributed by atoms with Crippen molar-refractivity contribution in [2.75, 3.05) is 12.0 Å². The number of H-pyrrole nitrogens is 1. The third kappa shape index (κ3) is 4.03. The number of carbonyl (C=O) groups excluding carboxylic acids is 3. The Bertz CT molecular complexity index is 1590. The molecule has 8 nitrogen and oxygen atoms in total. The van der Waals surface area contributed by atoms with Crippen molar-refractivity contribution in [2.45, 2.75) is 44.8 Å². The molecule has 198 valence electrons. The summed E-state index contributed by atoms with van der Waals surface area (Å²) < 4.78 is 5.48. The number of nitrogens with one attached hydrogen (secondary N) is 2. The van der Waals surface area contributed by atoms with Crippen LogP contribution in [0, 0.1) is 0 Å². The Hall–Kier alpha value is -4.59. The smallest absolute Gasteiger partial charge is 0.332 e. The number of para-hydroxylation sites is 1. The summed E-state index contributed by atoms with van der Waals surface area (Å²) in [5.74, 6) is 0.213. The van der Waals surface area contributed by atoms with E-state index in [1.54, 1.807) is 36.3 Å². The highest BCUT2D eigenvalue weighted by Crippen LogP contribution is 2.45. The van der Waals surface area contributed by atoms with E-state index < -0.39 is 12.1 Å². The molecule has 39 heavy (non-hydrogen) atoms. The van der Waals surface area contributed by atoms with Crippen LogP contribution in [0.15, 0.2) is 72.8 Å². The van der Waals surface area contributed by atoms with Crippen LogP contribution in [0.3, 0.4) is 0 Å². The zero-order chi connectivity index (χ0) is 27.3. The van der Waals surface area contributed by atoms with Crippen molar-refractivity contribution in [2.24, 2.45) is 0 Å². The van der Waals surface area contributed by atoms with E-state index in [1.807, 2.05) is 62.4 Å². The van der Waals surface area contributed by atoms with E-state index in [4.69, 9.17) is 4.74 Å². The van der Waals surface area contributed by atoms with E-state index in [9.17, 15) is 14.4 Å². The molecule has 0 bridgehead atoms. The van der Waals surface area contributed by atoms with Gasteiger partial charge in [-0.25, -0.2) is 9.69 Å². The maximum atomic E-state index is 14.0. The van der Waals surface area contributed by atoms with Gasteiger partial charge in [0.25, 0.3) is 11.8 Å². The molecule has 0 saturated carbocycles. The van der Waals surface area contributed by atoms with Gasteiger partial charge in [0.2, 0.25) is 0 Å². The number of amides is 4. The molecule has 0 spiro atoms. The second-order valence-electron chi connectivity index (χ2n) is 10.2. The minimum atomic E-state index is -0.659. The molecule has 6 rings (SSSR count). The van der Waals surface area contributed by atoms with Crippen molar-refractivity contribution in [1.29, 1.82) is 0 Å². The van der Waals surface area contributed by atoms with Gasteiger partial charge in [-0.2, -0.15) is 0 Å². The Morgan fingerprint density at radius 2 is 1.85 bits per heavy atom. The van der Waals surface area contributed by atoms with E-state index >= 15 is 0 Å². The molecule has 8 heteroatoms. The zero-order valence-electron chi connectivity index (χ0n) is 22.1. The number of aromatic amines is 1. The largest absolute Gasteiger partial charge is 0.497 e. The number of urea groups is 1. The molecule has 4 amide bonds. The summed E-state index contributed by atoms with van der Waals surface area (Å²) in [5.41, 5.74) is 4.69. The summed E-state index contributed by atoms with van der Waals surface area (Å²) in [6.07, 6.45) is 1.24. The molecular formula is C31H30N4O4. The van der Waals surface area contributed by atoms with Crippen LogP contribution < -0.4 is 15.0 Å². The highest BCUT2D eigenvalue weighted by molar-refractivity contribution is 6.22. The number of hydrogen-bond acceptors (Lipinski definition) is 4. The maximum absolute atomic E-state index is 14.0. The van der Waals surface area contributed by atoms with Crippen LogP contribution in [0.4, 0.5) is 10.5 Å². The van der Waals surface area contributed by atoms with Gasteiger partial charge < -0.3 is 15.0 Å². The molecule has 0 aliphatic carbocycles. The van der Waals surface area contributed by atoms with E-state index in [-0.39, 0.29) is 23.9 Å². The van der Waals surface area contributed by atoms with Crippen LogP contribution in [0.5, 0.6) is 5.75 Å². The number of methoxy groups -OCH3 is 1. The number of carbonyl (C=O) groups is 3. The average molecular weight is 523 g/mol. The van der Waals surface area contributed by atoms with Crippen molar-refractivity contribution in [1.82, 2.24) is 15.2 Å². The molecule has 2 aliphatic heterocycles. The third-order valence-corrected chi connectivity index (χ3v) is 7.84. The monoisotopic (exact) mass is 522 g/mol. The fourth-order valence-electron chi connectivity index (χ4n) is 5.64. The van der Waals surface area contributed by atoms with Crippen molar-refractivity contribution in [3.63, 3.8) is 0 Å². The molecule has 0 unspecified atom stereocenters. The first kappa shape index (κ1) is 24.7. The van der Waals surface area contributed by atoms with Gasteiger partial charge in [-0.1, -0.05) is 37.3 Å². The molecule has 3 atom stereocenters. The van der Waals surface area contributed by atoms with Crippen molar-refractivity contribution in [3.05, 3.63) is 95.2 Å². The number of rotatable bonds is 6. The lowest BCUT2D eigenvalue weighted by Crippen LogP contribution is -2.44. The van der Waals surface area contributed by atoms with Crippen molar-refractivity contribution >= 4 is 34.4 Å². The van der Waals surface area contributed by atoms with Gasteiger partial charge in [-0.15, -0.1) is 0 Å². The Morgan fingerprint density at radius 3 is 2.59 bits per heavy atom. The lowest BCUT2D eigenvalue weighted by Gasteiger charge is -2.36. The predicted molar refractivity (Wildman–Crippen MR) is 149 cm³/mol. The van der Waals surface area contributed by atoms with Gasteiger partial charge in [0.05, 0.1) is 12.8 Å². The minimum absolute atomic E-state index is 0.0524. The number of fused-ring (bicyclic) bond motifs is 4. The summed E-state index contributed by atoms with van der Waals surface area (Å²) in [4.78, 5) is 46.9. The second-order valence-corrected chi connectivity index (χ2v) is 10.2. The molecule has 1 fully saturated rings. The molecule has 0 radical (unpaired) electrons. The van der Waals surface area contributed by atoms with Crippen LogP contribution in [0.1, 0.15) is 53.5 Å². The van der Waals surface area contributed by atoms with Crippen LogP contribution in [0.25, 0.3) is 10.9 Å². The van der Waals surface area contributed by atoms with Crippen LogP contribution in [-0.2, 0) is 11.2 Å². The first-order valence-electron chi connectivity index (χ1n) is 13.2. The zero-order valence-corrected chi connectivity index (χ0v) is 22.1. The lowest BCUT2D eigenvalue weighted by atomic mass is 9.89. The van der Waals surface area contributed by atoms with Gasteiger partial charge in [-0.05, 0) is 66.9 Å². The van der Waals surface area contributed by atoms with Gasteiger partial charge in [0, 0.05) is 34.6 Å². The summed E-state index contributed by atoms with van der Waals surface area (Å²) in [6.45, 7) is 3.95. The molecule has 3 heterocycles. The third-order valence-electron chi connectivity index (χ3n) is 7.84. The Balaban J connectivity index is 1.40. The van der Waals surface area contributed by atoms with E-state index in [1.165, 1.54) is 4.90 Å². The standard InChI is InChI=1S/C31H30N4O4/c1-4-18(2)32-29(36)19-12-14-21(15-13-19)34-30(37)26-17-24-23-10-5-6-11-25(23)33-27(24)28(35(26)31(34)38)20-8-7-9-22(16-20)39-3/h5-16,18,26,28,33H,4,17H2,1-3H3,(H,32,36)/t18-,26-,28-/m0/s1. The normalized spacial score (nSPS) is 19.2. The van der Waals surface area contributed by atoms with E-state index in [0.717, 1.165) is 34.1 Å². The van der Waals surface area contributed by atoms with Gasteiger partial charge in [0.1, 0.15) is 17.8 Å². The van der Waals surface area contributed by atoms with Crippen molar-refractivity contribution < 1.29 is 19.1 Å². The number of imide groups is 1. The lowest BCUT2D eigenvalue weighted by molar-refractivity contribution is -0.120. The molecule has 2 aliphatic rings. The maximum Gasteiger partial charge on any atom is 0.332 e. The highest BCUT2D eigenvalue weighted by atomic mass is 16.5. The quantitative estimate of drug-likeness (QED) is 0.341. The second kappa shape index (κ2) is 9.62. The predicted octanol–water partition coefficient (Wildman–Crippen LogP) is 5.19. The van der Waals surface area contributed by atoms with Crippen LogP contribution in [0.2, 0.25) is 0 Å². The van der Waals surface area contributed by atoms with E-state index in [2.05, 4.69) is 10.3 Å². The SMILES string of the molecule is CC[C@H](C)NC(=O)c1ccc(N2C(=O)[C@@H]3Cc4c([nH]c5ccccc45)[C@H](c4cccc(OC)c4)N3C2=O)cc1. The number of aromatic nitrogens is 1. The van der Waals surface area contributed by atoms with E-state index in [0.29, 0.717) is 23.4 Å². The highest BCUT2D eigenvalue weighted by Gasteiger charge is 2.53. The Morgan fingerprint density at radius 1 is 1.08 bits per heavy atom. The minimum Gasteiger partial charge on any atom is -0.497 e. The number of benzene rings is 3. The summed E-state index contributed by atoms with van der Waals surface area (Å²) in [5, 5.41) is 3.99. The number of nitrogens with zero attached hydrogens (tertiary/aromatic N) is 2. The Labute approximate surface area is 226 Å². The van der Waals surface area contributed by atoms with Crippen LogP contribution >= 0.6 is 0 Å². The number of anilines is 1. The number of hydrogen-bond donors (Lipinski definition) is 2. The molecule has 2 N–H and O–H groups in total. The molecule has 3 aromatic carbocycles. The first-order chi connectivity index (χ1) is 18.9. The average Bonchev–Trinajstić information content (AvgIpc) is 3.46. The van der Waals surface area contributed by atoms with Gasteiger partial charge >= 0.3 is 6.03 Å². The molecular weight excluding hydrogens is 492 g/mol. The first-order valence-corrected chi connectivity index (χ1v) is 13.2. The molecule has 1 saturated heterocycles. The van der Waals surface area contributed by atoms with Crippen molar-refractivity contribution in [3.8, 4) is 5.75 Å². The summed E-state index contributed by atoms with van der Waals surface area (Å²) in [6, 6.07) is 20.8. The summed E-state index contributed by atoms with van der Waals surface area (Å²) in [7, 11) is 1.61. The fraction of sp³-hybridized carbons (Fsp3) is 0.258. The fourth-order valence-corrected chi connectivity index (χ4v) is 5.64. The van der Waals surface area contributed by atoms with Gasteiger partial charge in [-0.3, -0.25) is 14.5 Å². The molecule has 1 aromatic heterocycles. The molecule has 4 aromatic rings. The topological polar surface area (TPSA) is 94.7 Å². The van der Waals surface area contributed by atoms with Gasteiger partial charge in [0.15, 0.2) is 0 Å². The van der Waals surface area contributed by atoms with Crippen LogP contribution in [-0.4, -0.2) is 46.9 Å². The summed E-state index contributed by atoms with van der Waals surface area (Å²) >= 11 is 0. The Kier molecular flexibility index (Phi) is 6.10.